The van der Waals surface area contributed by atoms with Crippen LogP contribution in [0.4, 0.5) is 5.82 Å². The molecule has 0 fully saturated rings. The number of aromatic nitrogens is 3. The van der Waals surface area contributed by atoms with Crippen LogP contribution in [0.1, 0.15) is 12.6 Å². The van der Waals surface area contributed by atoms with E-state index >= 15 is 0 Å². The number of fused-ring (bicyclic) bond motifs is 1. The van der Waals surface area contributed by atoms with E-state index in [1.165, 1.54) is 0 Å². The number of rotatable bonds is 5. The number of nitrogens with two attached hydrogens (primary N) is 1. The van der Waals surface area contributed by atoms with Crippen molar-refractivity contribution in [1.82, 2.24) is 15.3 Å². The van der Waals surface area contributed by atoms with E-state index in [0.717, 1.165) is 20.3 Å². The van der Waals surface area contributed by atoms with Crippen LogP contribution in [-0.4, -0.2) is 21.9 Å². The third-order valence-corrected chi connectivity index (χ3v) is 4.74. The molecule has 0 aliphatic heterocycles. The van der Waals surface area contributed by atoms with Gasteiger partial charge in [0, 0.05) is 0 Å². The highest BCUT2D eigenvalue weighted by Gasteiger charge is 2.10. The van der Waals surface area contributed by atoms with E-state index in [1.807, 2.05) is 25.1 Å². The summed E-state index contributed by atoms with van der Waals surface area (Å²) in [5, 5.41) is 7.30. The zero-order valence-electron chi connectivity index (χ0n) is 10.7. The van der Waals surface area contributed by atoms with E-state index in [2.05, 4.69) is 19.9 Å². The number of anilines is 1. The number of nitrogens with zero attached hydrogens (tertiary/aromatic N) is 3. The Morgan fingerprint density at radius 3 is 3.05 bits per heavy atom. The minimum absolute atomic E-state index is 0.331. The first-order valence-electron chi connectivity index (χ1n) is 5.99. The fourth-order valence-corrected chi connectivity index (χ4v) is 3.68. The minimum atomic E-state index is 0.331. The second-order valence-electron chi connectivity index (χ2n) is 3.93. The molecule has 20 heavy (non-hydrogen) atoms. The molecular formula is C12H12N4O2S2. The molecule has 0 aliphatic carbocycles. The summed E-state index contributed by atoms with van der Waals surface area (Å²) in [4.78, 5) is 4.55. The van der Waals surface area contributed by atoms with Crippen LogP contribution in [0.2, 0.25) is 0 Å². The monoisotopic (exact) mass is 308 g/mol. The lowest BCUT2D eigenvalue weighted by molar-refractivity contribution is 0.306. The van der Waals surface area contributed by atoms with Crippen molar-refractivity contribution in [3.63, 3.8) is 0 Å². The maximum absolute atomic E-state index is 5.62. The van der Waals surface area contributed by atoms with Crippen LogP contribution in [-0.2, 0) is 5.75 Å². The number of hydrogen-bond acceptors (Lipinski definition) is 8. The lowest BCUT2D eigenvalue weighted by atomic mass is 10.3. The van der Waals surface area contributed by atoms with Crippen LogP contribution >= 0.6 is 23.1 Å². The molecule has 3 rings (SSSR count). The van der Waals surface area contributed by atoms with Gasteiger partial charge in [-0.2, -0.15) is 0 Å². The molecule has 0 bridgehead atoms. The average Bonchev–Trinajstić information content (AvgIpc) is 3.02. The van der Waals surface area contributed by atoms with E-state index in [0.29, 0.717) is 23.9 Å². The summed E-state index contributed by atoms with van der Waals surface area (Å²) in [7, 11) is 0. The lowest BCUT2D eigenvalue weighted by Crippen LogP contribution is -1.90. The Morgan fingerprint density at radius 2 is 2.30 bits per heavy atom. The summed E-state index contributed by atoms with van der Waals surface area (Å²) in [5.41, 5.74) is 7.23. The van der Waals surface area contributed by atoms with Gasteiger partial charge in [0.15, 0.2) is 10.2 Å². The standard InChI is InChI=1S/C12H12N4O2S2/c1-2-17-7-3-4-8-10(5-7)20-12(14-8)19-6-9-11(13)16-18-15-9/h3-5H,2,6H2,1H3,(H2,13,16). The molecule has 1 aromatic carbocycles. The summed E-state index contributed by atoms with van der Waals surface area (Å²) >= 11 is 3.18. The molecule has 0 aliphatic rings. The number of nitrogen functional groups attached to an aromatic ring is 1. The molecule has 8 heteroatoms. The van der Waals surface area contributed by atoms with E-state index in [4.69, 9.17) is 10.5 Å². The molecule has 3 aromatic rings. The van der Waals surface area contributed by atoms with Crippen LogP contribution in [0.15, 0.2) is 27.2 Å². The van der Waals surface area contributed by atoms with Gasteiger partial charge in [0.25, 0.3) is 0 Å². The molecule has 0 atom stereocenters. The van der Waals surface area contributed by atoms with Crippen LogP contribution in [0.3, 0.4) is 0 Å². The van der Waals surface area contributed by atoms with E-state index in [9.17, 15) is 0 Å². The predicted molar refractivity (Wildman–Crippen MR) is 79.1 cm³/mol. The Labute approximate surface area is 123 Å². The minimum Gasteiger partial charge on any atom is -0.494 e. The number of hydrogen-bond donors (Lipinski definition) is 1. The van der Waals surface area contributed by atoms with Gasteiger partial charge in [-0.05, 0) is 30.3 Å². The van der Waals surface area contributed by atoms with Gasteiger partial charge in [0.1, 0.15) is 11.4 Å². The second kappa shape index (κ2) is 5.68. The first-order chi connectivity index (χ1) is 9.76. The predicted octanol–water partition coefficient (Wildman–Crippen LogP) is 2.95. The van der Waals surface area contributed by atoms with Gasteiger partial charge >= 0.3 is 0 Å². The van der Waals surface area contributed by atoms with Gasteiger partial charge in [0.05, 0.1) is 22.6 Å². The lowest BCUT2D eigenvalue weighted by Gasteiger charge is -2.00. The molecule has 2 heterocycles. The first kappa shape index (κ1) is 13.2. The SMILES string of the molecule is CCOc1ccc2nc(SCc3nonc3N)sc2c1. The number of thioether (sulfide) groups is 1. The van der Waals surface area contributed by atoms with E-state index < -0.39 is 0 Å². The van der Waals surface area contributed by atoms with Crippen LogP contribution < -0.4 is 10.5 Å². The normalized spacial score (nSPS) is 11.1. The Bertz CT molecular complexity index is 725. The maximum Gasteiger partial charge on any atom is 0.192 e. The molecule has 0 radical (unpaired) electrons. The highest BCUT2D eigenvalue weighted by Crippen LogP contribution is 2.33. The van der Waals surface area contributed by atoms with Crippen LogP contribution in [0, 0.1) is 0 Å². The maximum atomic E-state index is 5.62. The zero-order valence-corrected chi connectivity index (χ0v) is 12.3. The molecule has 6 nitrogen and oxygen atoms in total. The molecule has 0 saturated carbocycles. The van der Waals surface area contributed by atoms with Crippen molar-refractivity contribution >= 4 is 39.1 Å². The number of thiazole rings is 1. The van der Waals surface area contributed by atoms with Crippen molar-refractivity contribution < 1.29 is 9.37 Å². The summed E-state index contributed by atoms with van der Waals surface area (Å²) in [5.74, 6) is 1.79. The largest absolute Gasteiger partial charge is 0.494 e. The van der Waals surface area contributed by atoms with Crippen molar-refractivity contribution in [2.45, 2.75) is 17.0 Å². The van der Waals surface area contributed by atoms with Crippen molar-refractivity contribution in [2.75, 3.05) is 12.3 Å². The fourth-order valence-electron chi connectivity index (χ4n) is 1.65. The molecule has 104 valence electrons. The van der Waals surface area contributed by atoms with Gasteiger partial charge in [0.2, 0.25) is 0 Å². The molecule has 0 unspecified atom stereocenters. The molecule has 0 spiro atoms. The molecule has 0 amide bonds. The van der Waals surface area contributed by atoms with E-state index in [1.54, 1.807) is 23.1 Å². The van der Waals surface area contributed by atoms with Gasteiger partial charge in [-0.15, -0.1) is 11.3 Å². The molecule has 2 N–H and O–H groups in total. The second-order valence-corrected chi connectivity index (χ2v) is 6.18. The highest BCUT2D eigenvalue weighted by molar-refractivity contribution is 8.00. The Hall–Kier alpha value is -1.80. The summed E-state index contributed by atoms with van der Waals surface area (Å²) in [6.45, 7) is 2.62. The quantitative estimate of drug-likeness (QED) is 0.725. The highest BCUT2D eigenvalue weighted by atomic mass is 32.2. The van der Waals surface area contributed by atoms with Crippen LogP contribution in [0.5, 0.6) is 5.75 Å². The summed E-state index contributed by atoms with van der Waals surface area (Å²) < 4.78 is 12.1. The summed E-state index contributed by atoms with van der Waals surface area (Å²) in [6, 6.07) is 5.90. The smallest absolute Gasteiger partial charge is 0.192 e. The number of benzene rings is 1. The molecule has 0 saturated heterocycles. The zero-order chi connectivity index (χ0) is 13.9. The van der Waals surface area contributed by atoms with Crippen molar-refractivity contribution in [1.29, 1.82) is 0 Å². The van der Waals surface area contributed by atoms with Crippen molar-refractivity contribution in [3.05, 3.63) is 23.9 Å². The third-order valence-electron chi connectivity index (χ3n) is 2.57. The number of ether oxygens (including phenoxy) is 1. The topological polar surface area (TPSA) is 87.1 Å². The third kappa shape index (κ3) is 2.70. The van der Waals surface area contributed by atoms with Gasteiger partial charge in [-0.1, -0.05) is 16.9 Å². The Balaban J connectivity index is 1.77. The van der Waals surface area contributed by atoms with E-state index in [-0.39, 0.29) is 0 Å². The molecule has 2 aromatic heterocycles. The van der Waals surface area contributed by atoms with Gasteiger partial charge in [-0.3, -0.25) is 0 Å². The first-order valence-corrected chi connectivity index (χ1v) is 7.79. The average molecular weight is 308 g/mol. The van der Waals surface area contributed by atoms with Crippen LogP contribution in [0.25, 0.3) is 10.2 Å². The summed E-state index contributed by atoms with van der Waals surface area (Å²) in [6.07, 6.45) is 0. The Morgan fingerprint density at radius 1 is 1.40 bits per heavy atom. The van der Waals surface area contributed by atoms with Gasteiger partial charge < -0.3 is 10.5 Å². The van der Waals surface area contributed by atoms with Crippen molar-refractivity contribution in [2.24, 2.45) is 0 Å². The Kier molecular flexibility index (Phi) is 3.75. The fraction of sp³-hybridized carbons (Fsp3) is 0.250. The van der Waals surface area contributed by atoms with Gasteiger partial charge in [-0.25, -0.2) is 9.61 Å². The van der Waals surface area contributed by atoms with Crippen molar-refractivity contribution in [3.8, 4) is 5.75 Å². The molecular weight excluding hydrogens is 296 g/mol.